The van der Waals surface area contributed by atoms with E-state index in [2.05, 4.69) is 4.18 Å². The number of fused-ring (bicyclic) bond motifs is 1. The van der Waals surface area contributed by atoms with E-state index in [1.54, 1.807) is 54.6 Å². The minimum Gasteiger partial charge on any atom is -0.424 e. The highest BCUT2D eigenvalue weighted by Gasteiger charge is 2.59. The summed E-state index contributed by atoms with van der Waals surface area (Å²) in [6.07, 6.45) is -8.38. The number of benzene rings is 2. The SMILES string of the molecule is O=C1O[C@@H]2[C@@H](OCc3ccccc3)[C@H](OS(=O)(=O)C(F)(F)F)O[C@H](COCc3ccccc3)[C@H]2O1. The number of carbonyl (C=O) groups is 1. The van der Waals surface area contributed by atoms with Crippen LogP contribution in [0, 0.1) is 0 Å². The summed E-state index contributed by atoms with van der Waals surface area (Å²) < 4.78 is 94.0. The molecule has 4 rings (SSSR count). The van der Waals surface area contributed by atoms with E-state index in [1.165, 1.54) is 0 Å². The van der Waals surface area contributed by atoms with Crippen LogP contribution in [0.5, 0.6) is 0 Å². The predicted octanol–water partition coefficient (Wildman–Crippen LogP) is 3.28. The number of ether oxygens (including phenoxy) is 5. The van der Waals surface area contributed by atoms with E-state index in [4.69, 9.17) is 23.7 Å². The molecular formula is C22H21F3O9S. The quantitative estimate of drug-likeness (QED) is 0.281. The van der Waals surface area contributed by atoms with Gasteiger partial charge in [-0.25, -0.2) is 8.98 Å². The van der Waals surface area contributed by atoms with E-state index in [0.29, 0.717) is 5.56 Å². The molecule has 2 heterocycles. The molecule has 0 amide bonds. The van der Waals surface area contributed by atoms with Crippen molar-refractivity contribution in [3.8, 4) is 0 Å². The first-order chi connectivity index (χ1) is 16.6. The Morgan fingerprint density at radius 1 is 0.857 bits per heavy atom. The van der Waals surface area contributed by atoms with Gasteiger partial charge < -0.3 is 23.7 Å². The first-order valence-corrected chi connectivity index (χ1v) is 11.8. The Labute approximate surface area is 198 Å². The van der Waals surface area contributed by atoms with Crippen molar-refractivity contribution >= 4 is 16.3 Å². The molecule has 190 valence electrons. The van der Waals surface area contributed by atoms with Gasteiger partial charge in [0.2, 0.25) is 6.29 Å². The van der Waals surface area contributed by atoms with Gasteiger partial charge >= 0.3 is 21.8 Å². The van der Waals surface area contributed by atoms with Crippen LogP contribution in [0.25, 0.3) is 0 Å². The highest BCUT2D eigenvalue weighted by Crippen LogP contribution is 2.36. The number of hydrogen-bond donors (Lipinski definition) is 0. The van der Waals surface area contributed by atoms with Gasteiger partial charge in [0.05, 0.1) is 19.8 Å². The summed E-state index contributed by atoms with van der Waals surface area (Å²) in [5.74, 6) is 0. The maximum absolute atomic E-state index is 13.0. The van der Waals surface area contributed by atoms with Crippen molar-refractivity contribution in [3.63, 3.8) is 0 Å². The molecule has 13 heteroatoms. The molecule has 0 spiro atoms. The van der Waals surface area contributed by atoms with Gasteiger partial charge in [-0.05, 0) is 11.1 Å². The number of alkyl halides is 3. The molecule has 2 aliphatic rings. The van der Waals surface area contributed by atoms with E-state index >= 15 is 0 Å². The zero-order valence-electron chi connectivity index (χ0n) is 18.0. The van der Waals surface area contributed by atoms with Crippen LogP contribution >= 0.6 is 0 Å². The number of carbonyl (C=O) groups excluding carboxylic acids is 1. The fourth-order valence-electron chi connectivity index (χ4n) is 3.61. The largest absolute Gasteiger partial charge is 0.523 e. The lowest BCUT2D eigenvalue weighted by Gasteiger charge is -2.40. The van der Waals surface area contributed by atoms with Crippen LogP contribution in [-0.2, 0) is 51.2 Å². The number of hydrogen-bond acceptors (Lipinski definition) is 9. The van der Waals surface area contributed by atoms with Crippen molar-refractivity contribution < 1.29 is 54.3 Å². The molecule has 0 N–H and O–H groups in total. The van der Waals surface area contributed by atoms with Crippen molar-refractivity contribution in [2.24, 2.45) is 0 Å². The second kappa shape index (κ2) is 10.5. The molecule has 2 fully saturated rings. The Bertz CT molecular complexity index is 1100. The lowest BCUT2D eigenvalue weighted by Crippen LogP contribution is -2.59. The smallest absolute Gasteiger partial charge is 0.424 e. The predicted molar refractivity (Wildman–Crippen MR) is 111 cm³/mol. The molecule has 35 heavy (non-hydrogen) atoms. The van der Waals surface area contributed by atoms with Gasteiger partial charge in [-0.2, -0.15) is 21.6 Å². The van der Waals surface area contributed by atoms with Gasteiger partial charge in [0.25, 0.3) is 0 Å². The average molecular weight is 518 g/mol. The molecular weight excluding hydrogens is 497 g/mol. The highest BCUT2D eigenvalue weighted by molar-refractivity contribution is 7.87. The van der Waals surface area contributed by atoms with Crippen LogP contribution in [0.15, 0.2) is 60.7 Å². The minimum atomic E-state index is -6.07. The topological polar surface area (TPSA) is 107 Å². The van der Waals surface area contributed by atoms with Crippen LogP contribution in [0.1, 0.15) is 11.1 Å². The third kappa shape index (κ3) is 6.11. The van der Waals surface area contributed by atoms with Gasteiger partial charge in [0, 0.05) is 0 Å². The van der Waals surface area contributed by atoms with E-state index in [9.17, 15) is 26.4 Å². The maximum Gasteiger partial charge on any atom is 0.523 e. The van der Waals surface area contributed by atoms with E-state index in [1.807, 2.05) is 6.07 Å². The molecule has 0 unspecified atom stereocenters. The zero-order chi connectivity index (χ0) is 25.1. The Kier molecular flexibility index (Phi) is 7.62. The van der Waals surface area contributed by atoms with E-state index in [0.717, 1.165) is 5.56 Å². The molecule has 0 aliphatic carbocycles. The lowest BCUT2D eigenvalue weighted by molar-refractivity contribution is -0.271. The van der Waals surface area contributed by atoms with Gasteiger partial charge in [0.1, 0.15) is 6.10 Å². The average Bonchev–Trinajstić information content (AvgIpc) is 3.20. The van der Waals surface area contributed by atoms with Crippen LogP contribution in [0.3, 0.4) is 0 Å². The number of rotatable bonds is 9. The van der Waals surface area contributed by atoms with Crippen molar-refractivity contribution in [2.45, 2.75) is 49.4 Å². The van der Waals surface area contributed by atoms with Gasteiger partial charge in [-0.1, -0.05) is 60.7 Å². The molecule has 5 atom stereocenters. The van der Waals surface area contributed by atoms with Crippen LogP contribution in [0.4, 0.5) is 18.0 Å². The summed E-state index contributed by atoms with van der Waals surface area (Å²) >= 11 is 0. The monoisotopic (exact) mass is 518 g/mol. The van der Waals surface area contributed by atoms with Crippen LogP contribution < -0.4 is 0 Å². The molecule has 2 aromatic carbocycles. The molecule has 0 saturated carbocycles. The van der Waals surface area contributed by atoms with E-state index in [-0.39, 0.29) is 19.8 Å². The van der Waals surface area contributed by atoms with Crippen LogP contribution in [-0.4, -0.2) is 57.4 Å². The van der Waals surface area contributed by atoms with Gasteiger partial charge in [-0.15, -0.1) is 0 Å². The first-order valence-electron chi connectivity index (χ1n) is 10.4. The van der Waals surface area contributed by atoms with E-state index < -0.39 is 52.5 Å². The Hall–Kier alpha value is -2.71. The highest BCUT2D eigenvalue weighted by atomic mass is 32.2. The first kappa shape index (κ1) is 25.4. The second-order valence-electron chi connectivity index (χ2n) is 7.72. The standard InChI is InChI=1S/C22H21F3O9S/c23-22(24,25)35(27,28)34-20-19(30-12-15-9-5-2-6-10-15)18-17(32-21(26)33-18)16(31-20)13-29-11-14-7-3-1-4-8-14/h1-10,16-20H,11-13H2/t16-,17-,18+,19-,20+/m1/s1. The molecule has 0 radical (unpaired) electrons. The Morgan fingerprint density at radius 2 is 1.43 bits per heavy atom. The summed E-state index contributed by atoms with van der Waals surface area (Å²) in [7, 11) is -6.07. The fraction of sp³-hybridized carbons (Fsp3) is 0.409. The zero-order valence-corrected chi connectivity index (χ0v) is 18.8. The molecule has 9 nitrogen and oxygen atoms in total. The van der Waals surface area contributed by atoms with Crippen LogP contribution in [0.2, 0.25) is 0 Å². The lowest BCUT2D eigenvalue weighted by atomic mass is 9.99. The molecule has 2 saturated heterocycles. The van der Waals surface area contributed by atoms with Gasteiger partial charge in [-0.3, -0.25) is 0 Å². The minimum absolute atomic E-state index is 0.118. The van der Waals surface area contributed by atoms with Gasteiger partial charge in [0.15, 0.2) is 18.3 Å². The molecule has 2 aromatic rings. The summed E-state index contributed by atoms with van der Waals surface area (Å²) in [5.41, 5.74) is -4.28. The Morgan fingerprint density at radius 3 is 2.03 bits per heavy atom. The number of halogens is 3. The second-order valence-corrected chi connectivity index (χ2v) is 9.28. The van der Waals surface area contributed by atoms with Crippen molar-refractivity contribution in [1.29, 1.82) is 0 Å². The van der Waals surface area contributed by atoms with Crippen molar-refractivity contribution in [1.82, 2.24) is 0 Å². The summed E-state index contributed by atoms with van der Waals surface area (Å²) in [5, 5.41) is 0. The maximum atomic E-state index is 13.0. The Balaban J connectivity index is 1.54. The fourth-order valence-corrected chi connectivity index (χ4v) is 4.12. The molecule has 2 aliphatic heterocycles. The molecule has 0 aromatic heterocycles. The summed E-state index contributed by atoms with van der Waals surface area (Å²) in [4.78, 5) is 11.9. The summed E-state index contributed by atoms with van der Waals surface area (Å²) in [6.45, 7) is -0.298. The van der Waals surface area contributed by atoms with Crippen molar-refractivity contribution in [2.75, 3.05) is 6.61 Å². The third-order valence-electron chi connectivity index (χ3n) is 5.24. The molecule has 0 bridgehead atoms. The normalized spacial score (nSPS) is 26.6. The third-order valence-corrected chi connectivity index (χ3v) is 6.25. The summed E-state index contributed by atoms with van der Waals surface area (Å²) in [6, 6.07) is 17.5. The van der Waals surface area contributed by atoms with Crippen molar-refractivity contribution in [3.05, 3.63) is 71.8 Å².